The second kappa shape index (κ2) is 8.10. The third-order valence-electron chi connectivity index (χ3n) is 2.31. The van der Waals surface area contributed by atoms with E-state index < -0.39 is 5.91 Å². The van der Waals surface area contributed by atoms with Crippen LogP contribution in [0.25, 0.3) is 0 Å². The lowest BCUT2D eigenvalue weighted by molar-refractivity contribution is -0.122. The van der Waals surface area contributed by atoms with Gasteiger partial charge in [-0.2, -0.15) is 0 Å². The molecule has 0 spiro atoms. The first-order chi connectivity index (χ1) is 7.45. The molecule has 0 aromatic carbocycles. The summed E-state index contributed by atoms with van der Waals surface area (Å²) in [6.07, 6.45) is 1.55. The van der Waals surface area contributed by atoms with E-state index in [9.17, 15) is 9.59 Å². The molecule has 0 aliphatic heterocycles. The highest BCUT2D eigenvalue weighted by Gasteiger charge is 2.13. The summed E-state index contributed by atoms with van der Waals surface area (Å²) in [5.41, 5.74) is 10.6. The Morgan fingerprint density at radius 2 is 1.94 bits per heavy atom. The molecule has 0 aliphatic rings. The van der Waals surface area contributed by atoms with E-state index in [1.807, 2.05) is 0 Å². The molecule has 1 atom stereocenters. The summed E-state index contributed by atoms with van der Waals surface area (Å²) in [5, 5.41) is 2.66. The summed E-state index contributed by atoms with van der Waals surface area (Å²) in [7, 11) is 0. The summed E-state index contributed by atoms with van der Waals surface area (Å²) in [4.78, 5) is 21.9. The van der Waals surface area contributed by atoms with Crippen LogP contribution in [0.3, 0.4) is 0 Å². The van der Waals surface area contributed by atoms with Gasteiger partial charge in [-0.25, -0.2) is 0 Å². The number of hydrogen-bond donors (Lipinski definition) is 3. The zero-order chi connectivity index (χ0) is 12.6. The predicted molar refractivity (Wildman–Crippen MR) is 63.4 cm³/mol. The number of hydrogen-bond acceptors (Lipinski definition) is 3. The van der Waals surface area contributed by atoms with Crippen LogP contribution < -0.4 is 16.8 Å². The molecule has 0 aromatic rings. The monoisotopic (exact) mass is 229 g/mol. The zero-order valence-corrected chi connectivity index (χ0v) is 10.2. The van der Waals surface area contributed by atoms with E-state index in [0.717, 1.165) is 6.42 Å². The standard InChI is InChI=1S/C11H23N3O2/c1-8(2)5-9(7-12)6-11(16)14-4-3-10(13)15/h8-9H,3-7,12H2,1-2H3,(H2,13,15)(H,14,16). The Morgan fingerprint density at radius 1 is 1.31 bits per heavy atom. The van der Waals surface area contributed by atoms with Crippen molar-refractivity contribution >= 4 is 11.8 Å². The van der Waals surface area contributed by atoms with Gasteiger partial charge in [-0.15, -0.1) is 0 Å². The van der Waals surface area contributed by atoms with Gasteiger partial charge in [0.05, 0.1) is 0 Å². The molecule has 5 nitrogen and oxygen atoms in total. The van der Waals surface area contributed by atoms with E-state index in [1.54, 1.807) is 0 Å². The third-order valence-corrected chi connectivity index (χ3v) is 2.31. The van der Waals surface area contributed by atoms with Crippen molar-refractivity contribution in [3.05, 3.63) is 0 Å². The lowest BCUT2D eigenvalue weighted by atomic mass is 9.94. The Balaban J connectivity index is 3.78. The average Bonchev–Trinajstić information content (AvgIpc) is 2.15. The fourth-order valence-corrected chi connectivity index (χ4v) is 1.59. The van der Waals surface area contributed by atoms with E-state index in [4.69, 9.17) is 11.5 Å². The molecular formula is C11H23N3O2. The van der Waals surface area contributed by atoms with E-state index in [0.29, 0.717) is 25.4 Å². The number of nitrogens with one attached hydrogen (secondary N) is 1. The molecule has 1 unspecified atom stereocenters. The van der Waals surface area contributed by atoms with Gasteiger partial charge in [0.15, 0.2) is 0 Å². The molecule has 0 bridgehead atoms. The lowest BCUT2D eigenvalue weighted by Gasteiger charge is -2.16. The Morgan fingerprint density at radius 3 is 2.38 bits per heavy atom. The second-order valence-corrected chi connectivity index (χ2v) is 4.50. The largest absolute Gasteiger partial charge is 0.370 e. The van der Waals surface area contributed by atoms with Crippen LogP contribution in [0.2, 0.25) is 0 Å². The SMILES string of the molecule is CC(C)CC(CN)CC(=O)NCCC(N)=O. The zero-order valence-electron chi connectivity index (χ0n) is 10.2. The van der Waals surface area contributed by atoms with Crippen LogP contribution in [-0.2, 0) is 9.59 Å². The van der Waals surface area contributed by atoms with Crippen molar-refractivity contribution in [2.45, 2.75) is 33.1 Å². The topological polar surface area (TPSA) is 98.2 Å². The van der Waals surface area contributed by atoms with Crippen LogP contribution in [0, 0.1) is 11.8 Å². The number of nitrogens with two attached hydrogens (primary N) is 2. The van der Waals surface area contributed by atoms with Gasteiger partial charge in [-0.05, 0) is 24.8 Å². The minimum Gasteiger partial charge on any atom is -0.370 e. The van der Waals surface area contributed by atoms with Gasteiger partial charge in [0.25, 0.3) is 0 Å². The first kappa shape index (κ1) is 14.9. The molecule has 94 valence electrons. The lowest BCUT2D eigenvalue weighted by Crippen LogP contribution is -2.31. The molecule has 0 aromatic heterocycles. The molecule has 16 heavy (non-hydrogen) atoms. The maximum atomic E-state index is 11.5. The third kappa shape index (κ3) is 8.23. The summed E-state index contributed by atoms with van der Waals surface area (Å²) in [5.74, 6) is 0.288. The van der Waals surface area contributed by atoms with Crippen LogP contribution in [-0.4, -0.2) is 24.9 Å². The highest BCUT2D eigenvalue weighted by atomic mass is 16.2. The molecule has 0 radical (unpaired) electrons. The van der Waals surface area contributed by atoms with Crippen LogP contribution in [0.5, 0.6) is 0 Å². The van der Waals surface area contributed by atoms with Crippen LogP contribution in [0.1, 0.15) is 33.1 Å². The Kier molecular flexibility index (Phi) is 7.54. The highest BCUT2D eigenvalue weighted by molar-refractivity contribution is 5.78. The van der Waals surface area contributed by atoms with Crippen molar-refractivity contribution in [2.24, 2.45) is 23.3 Å². The highest BCUT2D eigenvalue weighted by Crippen LogP contribution is 2.13. The molecule has 5 heteroatoms. The van der Waals surface area contributed by atoms with Gasteiger partial charge in [-0.3, -0.25) is 9.59 Å². The molecule has 5 N–H and O–H groups in total. The van der Waals surface area contributed by atoms with Gasteiger partial charge in [-0.1, -0.05) is 13.8 Å². The molecular weight excluding hydrogens is 206 g/mol. The maximum Gasteiger partial charge on any atom is 0.220 e. The summed E-state index contributed by atoms with van der Waals surface area (Å²) in [6, 6.07) is 0. The molecule has 0 rings (SSSR count). The van der Waals surface area contributed by atoms with Gasteiger partial charge in [0, 0.05) is 19.4 Å². The van der Waals surface area contributed by atoms with Crippen molar-refractivity contribution in [3.63, 3.8) is 0 Å². The maximum absolute atomic E-state index is 11.5. The van der Waals surface area contributed by atoms with Gasteiger partial charge >= 0.3 is 0 Å². The van der Waals surface area contributed by atoms with Crippen molar-refractivity contribution < 1.29 is 9.59 Å². The van der Waals surface area contributed by atoms with E-state index in [2.05, 4.69) is 19.2 Å². The molecule has 0 aliphatic carbocycles. The van der Waals surface area contributed by atoms with Gasteiger partial charge < -0.3 is 16.8 Å². The first-order valence-corrected chi connectivity index (χ1v) is 5.70. The Bertz CT molecular complexity index is 229. The predicted octanol–water partition coefficient (Wildman–Crippen LogP) is -0.0109. The van der Waals surface area contributed by atoms with Crippen LogP contribution in [0.4, 0.5) is 0 Å². The second-order valence-electron chi connectivity index (χ2n) is 4.50. The van der Waals surface area contributed by atoms with Crippen molar-refractivity contribution in [2.75, 3.05) is 13.1 Å². The Labute approximate surface area is 96.9 Å². The number of primary amides is 1. The molecule has 0 heterocycles. The summed E-state index contributed by atoms with van der Waals surface area (Å²) in [6.45, 7) is 5.04. The smallest absolute Gasteiger partial charge is 0.220 e. The van der Waals surface area contributed by atoms with Crippen molar-refractivity contribution in [3.8, 4) is 0 Å². The van der Waals surface area contributed by atoms with Gasteiger partial charge in [0.1, 0.15) is 0 Å². The summed E-state index contributed by atoms with van der Waals surface area (Å²) < 4.78 is 0. The van der Waals surface area contributed by atoms with Gasteiger partial charge in [0.2, 0.25) is 11.8 Å². The first-order valence-electron chi connectivity index (χ1n) is 5.70. The van der Waals surface area contributed by atoms with E-state index >= 15 is 0 Å². The molecule has 0 saturated carbocycles. The van der Waals surface area contributed by atoms with Crippen LogP contribution >= 0.6 is 0 Å². The minimum absolute atomic E-state index is 0.0580. The number of carbonyl (C=O) groups excluding carboxylic acids is 2. The quantitative estimate of drug-likeness (QED) is 0.546. The fourth-order valence-electron chi connectivity index (χ4n) is 1.59. The normalized spacial score (nSPS) is 12.5. The fraction of sp³-hybridized carbons (Fsp3) is 0.818. The molecule has 2 amide bonds. The number of amides is 2. The van der Waals surface area contributed by atoms with E-state index in [1.165, 1.54) is 0 Å². The summed E-state index contributed by atoms with van der Waals surface area (Å²) >= 11 is 0. The number of rotatable bonds is 8. The molecule has 0 fully saturated rings. The van der Waals surface area contributed by atoms with Crippen molar-refractivity contribution in [1.29, 1.82) is 0 Å². The number of carbonyl (C=O) groups is 2. The average molecular weight is 229 g/mol. The van der Waals surface area contributed by atoms with Crippen LogP contribution in [0.15, 0.2) is 0 Å². The molecule has 0 saturated heterocycles. The van der Waals surface area contributed by atoms with E-state index in [-0.39, 0.29) is 18.2 Å². The minimum atomic E-state index is -0.405. The van der Waals surface area contributed by atoms with Crippen molar-refractivity contribution in [1.82, 2.24) is 5.32 Å². The Hall–Kier alpha value is -1.10.